The van der Waals surface area contributed by atoms with Gasteiger partial charge in [0, 0.05) is 25.1 Å². The lowest BCUT2D eigenvalue weighted by Gasteiger charge is -2.24. The van der Waals surface area contributed by atoms with Gasteiger partial charge in [-0.2, -0.15) is 0 Å². The number of hydrogen-bond donors (Lipinski definition) is 0. The second-order valence-corrected chi connectivity index (χ2v) is 9.03. The summed E-state index contributed by atoms with van der Waals surface area (Å²) in [6.45, 7) is 0.468. The van der Waals surface area contributed by atoms with Crippen molar-refractivity contribution in [3.63, 3.8) is 0 Å². The molecule has 1 aliphatic heterocycles. The fourth-order valence-electron chi connectivity index (χ4n) is 4.33. The van der Waals surface area contributed by atoms with Crippen molar-refractivity contribution in [3.05, 3.63) is 53.4 Å². The molecule has 2 aliphatic rings. The molecule has 182 valence electrons. The molecular weight excluding hydrogens is 472 g/mol. The SMILES string of the molecule is COc1ccc(N2CC(C(=O)N(Cc3nnc(-c4ccccc4Cl)o3)C3CC3)CC2=O)c(OC)c1. The number of nitrogens with zero attached hydrogens (tertiary/aromatic N) is 4. The summed E-state index contributed by atoms with van der Waals surface area (Å²) in [4.78, 5) is 29.8. The van der Waals surface area contributed by atoms with Gasteiger partial charge in [0.15, 0.2) is 0 Å². The second kappa shape index (κ2) is 9.58. The molecule has 1 unspecified atom stereocenters. The molecule has 35 heavy (non-hydrogen) atoms. The third-order valence-corrected chi connectivity index (χ3v) is 6.63. The largest absolute Gasteiger partial charge is 0.497 e. The van der Waals surface area contributed by atoms with E-state index in [2.05, 4.69) is 10.2 Å². The Morgan fingerprint density at radius 2 is 1.97 bits per heavy atom. The quantitative estimate of drug-likeness (QED) is 0.465. The molecule has 2 amide bonds. The van der Waals surface area contributed by atoms with Crippen molar-refractivity contribution in [3.8, 4) is 23.0 Å². The highest BCUT2D eigenvalue weighted by Gasteiger charge is 2.42. The summed E-state index contributed by atoms with van der Waals surface area (Å²) in [5.41, 5.74) is 1.26. The van der Waals surface area contributed by atoms with Crippen LogP contribution in [-0.2, 0) is 16.1 Å². The highest BCUT2D eigenvalue weighted by molar-refractivity contribution is 6.33. The number of hydrogen-bond acceptors (Lipinski definition) is 7. The maximum Gasteiger partial charge on any atom is 0.249 e. The highest BCUT2D eigenvalue weighted by Crippen LogP contribution is 2.38. The standard InChI is InChI=1S/C25H25ClN4O5/c1-33-17-9-10-20(21(12-17)34-2)30-13-15(11-23(30)31)25(32)29(16-7-8-16)14-22-27-28-24(35-22)18-5-3-4-6-19(18)26/h3-6,9-10,12,15-16H,7-8,11,13-14H2,1-2H3. The molecule has 5 rings (SSSR count). The lowest BCUT2D eigenvalue weighted by atomic mass is 10.1. The molecule has 0 bridgehead atoms. The Morgan fingerprint density at radius 1 is 1.17 bits per heavy atom. The number of carbonyl (C=O) groups excluding carboxylic acids is 2. The lowest BCUT2D eigenvalue weighted by molar-refractivity contribution is -0.137. The van der Waals surface area contributed by atoms with Crippen LogP contribution in [0, 0.1) is 5.92 Å². The minimum absolute atomic E-state index is 0.0895. The Labute approximate surface area is 207 Å². The Kier molecular flexibility index (Phi) is 6.34. The van der Waals surface area contributed by atoms with E-state index in [4.69, 9.17) is 25.5 Å². The molecule has 3 aromatic rings. The van der Waals surface area contributed by atoms with Crippen LogP contribution in [0.15, 0.2) is 46.9 Å². The molecule has 2 aromatic carbocycles. The zero-order chi connectivity index (χ0) is 24.5. The van der Waals surface area contributed by atoms with Gasteiger partial charge in [0.1, 0.15) is 11.5 Å². The number of anilines is 1. The number of halogens is 1. The molecule has 1 aromatic heterocycles. The molecular formula is C25H25ClN4O5. The summed E-state index contributed by atoms with van der Waals surface area (Å²) in [5, 5.41) is 8.75. The van der Waals surface area contributed by atoms with Crippen LogP contribution in [0.1, 0.15) is 25.2 Å². The van der Waals surface area contributed by atoms with E-state index in [0.29, 0.717) is 39.6 Å². The summed E-state index contributed by atoms with van der Waals surface area (Å²) >= 11 is 6.24. The van der Waals surface area contributed by atoms with Gasteiger partial charge < -0.3 is 23.7 Å². The normalized spacial score (nSPS) is 17.5. The maximum atomic E-state index is 13.5. The van der Waals surface area contributed by atoms with Crippen LogP contribution in [0.4, 0.5) is 5.69 Å². The molecule has 0 N–H and O–H groups in total. The van der Waals surface area contributed by atoms with Gasteiger partial charge in [0.25, 0.3) is 0 Å². The Bertz CT molecular complexity index is 1260. The van der Waals surface area contributed by atoms with Gasteiger partial charge in [-0.25, -0.2) is 0 Å². The molecule has 9 nitrogen and oxygen atoms in total. The van der Waals surface area contributed by atoms with Crippen molar-refractivity contribution in [2.24, 2.45) is 5.92 Å². The Hall–Kier alpha value is -3.59. The van der Waals surface area contributed by atoms with E-state index in [1.54, 1.807) is 47.2 Å². The van der Waals surface area contributed by atoms with E-state index in [-0.39, 0.29) is 37.4 Å². The molecule has 2 heterocycles. The van der Waals surface area contributed by atoms with E-state index in [1.807, 2.05) is 12.1 Å². The molecule has 0 radical (unpaired) electrons. The number of rotatable bonds is 8. The summed E-state index contributed by atoms with van der Waals surface area (Å²) in [7, 11) is 3.11. The van der Waals surface area contributed by atoms with Crippen molar-refractivity contribution in [1.29, 1.82) is 0 Å². The number of ether oxygens (including phenoxy) is 2. The molecule has 2 fully saturated rings. The van der Waals surface area contributed by atoms with E-state index in [0.717, 1.165) is 12.8 Å². The number of benzene rings is 2. The van der Waals surface area contributed by atoms with E-state index in [9.17, 15) is 9.59 Å². The Morgan fingerprint density at radius 3 is 2.69 bits per heavy atom. The Balaban J connectivity index is 1.32. The van der Waals surface area contributed by atoms with Gasteiger partial charge in [0.2, 0.25) is 23.6 Å². The number of carbonyl (C=O) groups is 2. The number of methoxy groups -OCH3 is 2. The van der Waals surface area contributed by atoms with Gasteiger partial charge in [-0.3, -0.25) is 9.59 Å². The van der Waals surface area contributed by atoms with Crippen molar-refractivity contribution >= 4 is 29.1 Å². The monoisotopic (exact) mass is 496 g/mol. The fraction of sp³-hybridized carbons (Fsp3) is 0.360. The molecule has 0 spiro atoms. The summed E-state index contributed by atoms with van der Waals surface area (Å²) in [5.74, 6) is 1.10. The smallest absolute Gasteiger partial charge is 0.249 e. The molecule has 1 aliphatic carbocycles. The van der Waals surface area contributed by atoms with Crippen LogP contribution in [0.25, 0.3) is 11.5 Å². The molecule has 1 saturated heterocycles. The minimum atomic E-state index is -0.471. The van der Waals surface area contributed by atoms with Crippen LogP contribution < -0.4 is 14.4 Å². The van der Waals surface area contributed by atoms with E-state index < -0.39 is 5.92 Å². The van der Waals surface area contributed by atoms with Crippen molar-refractivity contribution in [1.82, 2.24) is 15.1 Å². The predicted molar refractivity (Wildman–Crippen MR) is 128 cm³/mol. The molecule has 1 atom stereocenters. The predicted octanol–water partition coefficient (Wildman–Crippen LogP) is 3.95. The van der Waals surface area contributed by atoms with Crippen LogP contribution in [-0.4, -0.2) is 53.7 Å². The summed E-state index contributed by atoms with van der Waals surface area (Å²) in [6, 6.07) is 12.6. The number of aromatic nitrogens is 2. The maximum absolute atomic E-state index is 13.5. The van der Waals surface area contributed by atoms with Gasteiger partial charge in [0.05, 0.1) is 43.0 Å². The minimum Gasteiger partial charge on any atom is -0.497 e. The lowest BCUT2D eigenvalue weighted by Crippen LogP contribution is -2.38. The van der Waals surface area contributed by atoms with Crippen LogP contribution >= 0.6 is 11.6 Å². The van der Waals surface area contributed by atoms with E-state index >= 15 is 0 Å². The zero-order valence-electron chi connectivity index (χ0n) is 19.4. The van der Waals surface area contributed by atoms with Crippen molar-refractivity contribution in [2.75, 3.05) is 25.7 Å². The summed E-state index contributed by atoms with van der Waals surface area (Å²) < 4.78 is 16.5. The highest BCUT2D eigenvalue weighted by atomic mass is 35.5. The first-order chi connectivity index (χ1) is 17.0. The topological polar surface area (TPSA) is 98.0 Å². The summed E-state index contributed by atoms with van der Waals surface area (Å²) in [6.07, 6.45) is 1.95. The third kappa shape index (κ3) is 4.68. The first-order valence-corrected chi connectivity index (χ1v) is 11.8. The van der Waals surface area contributed by atoms with Crippen molar-refractivity contribution < 1.29 is 23.5 Å². The number of amides is 2. The average molecular weight is 497 g/mol. The van der Waals surface area contributed by atoms with Crippen molar-refractivity contribution in [2.45, 2.75) is 31.8 Å². The average Bonchev–Trinajstić information content (AvgIpc) is 3.49. The molecule has 1 saturated carbocycles. The van der Waals surface area contributed by atoms with Gasteiger partial charge in [-0.05, 0) is 37.1 Å². The van der Waals surface area contributed by atoms with Gasteiger partial charge >= 0.3 is 0 Å². The first kappa shape index (κ1) is 23.2. The zero-order valence-corrected chi connectivity index (χ0v) is 20.2. The van der Waals surface area contributed by atoms with Crippen LogP contribution in [0.5, 0.6) is 11.5 Å². The first-order valence-electron chi connectivity index (χ1n) is 11.4. The fourth-order valence-corrected chi connectivity index (χ4v) is 4.54. The van der Waals surface area contributed by atoms with Crippen LogP contribution in [0.2, 0.25) is 5.02 Å². The van der Waals surface area contributed by atoms with Crippen LogP contribution in [0.3, 0.4) is 0 Å². The van der Waals surface area contributed by atoms with E-state index in [1.165, 1.54) is 7.11 Å². The van der Waals surface area contributed by atoms with Gasteiger partial charge in [-0.1, -0.05) is 23.7 Å². The van der Waals surface area contributed by atoms with Gasteiger partial charge in [-0.15, -0.1) is 10.2 Å². The second-order valence-electron chi connectivity index (χ2n) is 8.62. The third-order valence-electron chi connectivity index (χ3n) is 6.30. The molecule has 10 heteroatoms.